The van der Waals surface area contributed by atoms with Crippen molar-refractivity contribution in [1.29, 1.82) is 0 Å². The number of azo groups is 2. The van der Waals surface area contributed by atoms with Gasteiger partial charge >= 0.3 is 0 Å². The van der Waals surface area contributed by atoms with Gasteiger partial charge in [-0.05, 0) is 48.5 Å². The number of rotatable bonds is 12. The third-order valence-corrected chi connectivity index (χ3v) is 10.8. The smallest absolute Gasteiger partial charge is 0.296 e. The molecule has 0 saturated heterocycles. The molecule has 3 heterocycles. The lowest BCUT2D eigenvalue weighted by Gasteiger charge is -2.06. The molecule has 0 fully saturated rings. The Balaban J connectivity index is 1.28. The van der Waals surface area contributed by atoms with Crippen molar-refractivity contribution in [3.63, 3.8) is 0 Å². The van der Waals surface area contributed by atoms with Crippen LogP contribution in [0.3, 0.4) is 0 Å². The van der Waals surface area contributed by atoms with Gasteiger partial charge in [0.25, 0.3) is 20.2 Å². The summed E-state index contributed by atoms with van der Waals surface area (Å²) in [5, 5.41) is 26.9. The van der Waals surface area contributed by atoms with Crippen LogP contribution in [-0.4, -0.2) is 60.6 Å². The summed E-state index contributed by atoms with van der Waals surface area (Å²) in [6.07, 6.45) is 1.30. The Labute approximate surface area is 320 Å². The summed E-state index contributed by atoms with van der Waals surface area (Å²) in [6.45, 7) is 0. The van der Waals surface area contributed by atoms with Crippen LogP contribution in [-0.2, 0) is 28.6 Å². The van der Waals surface area contributed by atoms with Crippen LogP contribution in [0.4, 0.5) is 34.4 Å². The van der Waals surface area contributed by atoms with Crippen molar-refractivity contribution in [2.75, 3.05) is 25.7 Å². The second kappa shape index (κ2) is 15.4. The second-order valence-corrected chi connectivity index (χ2v) is 15.0. The molecule has 20 heteroatoms. The van der Waals surface area contributed by atoms with Gasteiger partial charge in [-0.25, -0.2) is 9.97 Å². The molecule has 0 aliphatic heterocycles. The molecule has 0 spiro atoms. The average molecular weight is 791 g/mol. The molecule has 4 N–H and O–H groups in total. The molecule has 4 aromatic carbocycles. The quantitative estimate of drug-likeness (QED) is 0.0953. The van der Waals surface area contributed by atoms with Gasteiger partial charge in [-0.15, -0.1) is 10.2 Å². The van der Waals surface area contributed by atoms with Gasteiger partial charge in [0.1, 0.15) is 17.7 Å². The van der Waals surface area contributed by atoms with E-state index in [1.807, 2.05) is 60.7 Å². The van der Waals surface area contributed by atoms with Gasteiger partial charge < -0.3 is 11.5 Å². The molecule has 7 aromatic rings. The van der Waals surface area contributed by atoms with E-state index in [4.69, 9.17) is 21.7 Å². The third-order valence-electron chi connectivity index (χ3n) is 8.18. The Morgan fingerprint density at radius 1 is 0.536 bits per heavy atom. The molecular formula is C36H30N12O6S2. The Hall–Kier alpha value is -7.00. The highest BCUT2D eigenvalue weighted by Crippen LogP contribution is 2.39. The minimum Gasteiger partial charge on any atom is -0.382 e. The first-order valence-corrected chi connectivity index (χ1v) is 19.2. The molecule has 282 valence electrons. The van der Waals surface area contributed by atoms with Gasteiger partial charge in [-0.2, -0.15) is 46.6 Å². The second-order valence-electron chi connectivity index (χ2n) is 11.6. The predicted octanol–water partition coefficient (Wildman–Crippen LogP) is 6.85. The lowest BCUT2D eigenvalue weighted by atomic mass is 10.1. The molecule has 0 bridgehead atoms. The van der Waals surface area contributed by atoms with Crippen LogP contribution in [0, 0.1) is 0 Å². The zero-order valence-electron chi connectivity index (χ0n) is 29.4. The summed E-state index contributed by atoms with van der Waals surface area (Å²) in [5.74, 6) is 0.664. The average Bonchev–Trinajstić information content (AvgIpc) is 3.75. The van der Waals surface area contributed by atoms with Crippen LogP contribution in [0.1, 0.15) is 0 Å². The van der Waals surface area contributed by atoms with Crippen molar-refractivity contribution >= 4 is 54.6 Å². The first kappa shape index (κ1) is 37.3. The fourth-order valence-electron chi connectivity index (χ4n) is 5.31. The van der Waals surface area contributed by atoms with E-state index in [2.05, 4.69) is 38.8 Å². The summed E-state index contributed by atoms with van der Waals surface area (Å²) in [6, 6.07) is 31.3. The lowest BCUT2D eigenvalue weighted by Crippen LogP contribution is -2.09. The predicted molar refractivity (Wildman–Crippen MR) is 206 cm³/mol. The Morgan fingerprint density at radius 3 is 1.27 bits per heavy atom. The van der Waals surface area contributed by atoms with Crippen molar-refractivity contribution < 1.29 is 25.2 Å². The monoisotopic (exact) mass is 790 g/mol. The van der Waals surface area contributed by atoms with E-state index in [1.165, 1.54) is 64.2 Å². The minimum atomic E-state index is -3.88. The maximum atomic E-state index is 12.1. The van der Waals surface area contributed by atoms with Gasteiger partial charge in [-0.1, -0.05) is 60.7 Å². The molecule has 0 aliphatic carbocycles. The number of nitrogens with zero attached hydrogens (tertiary/aromatic N) is 10. The lowest BCUT2D eigenvalue weighted by molar-refractivity contribution is 0.396. The van der Waals surface area contributed by atoms with Crippen molar-refractivity contribution in [2.24, 2.45) is 20.5 Å². The van der Waals surface area contributed by atoms with Crippen LogP contribution in [0.15, 0.2) is 152 Å². The molecule has 18 nitrogen and oxygen atoms in total. The molecule has 0 unspecified atom stereocenters. The zero-order valence-corrected chi connectivity index (χ0v) is 31.1. The fourth-order valence-corrected chi connectivity index (χ4v) is 6.63. The van der Waals surface area contributed by atoms with Crippen LogP contribution in [0.25, 0.3) is 34.2 Å². The number of nitrogens with two attached hydrogens (primary N) is 2. The van der Waals surface area contributed by atoms with E-state index in [1.54, 1.807) is 6.07 Å². The maximum absolute atomic E-state index is 12.1. The van der Waals surface area contributed by atoms with Crippen molar-refractivity contribution in [3.05, 3.63) is 122 Å². The zero-order chi connectivity index (χ0) is 39.5. The summed E-state index contributed by atoms with van der Waals surface area (Å²) in [7, 11) is -5.61. The van der Waals surface area contributed by atoms with Gasteiger partial charge in [0.15, 0.2) is 34.6 Å². The first-order chi connectivity index (χ1) is 27.0. The molecule has 0 amide bonds. The topological polar surface area (TPSA) is 250 Å². The van der Waals surface area contributed by atoms with Crippen molar-refractivity contribution in [2.45, 2.75) is 9.79 Å². The molecule has 3 aromatic heterocycles. The summed E-state index contributed by atoms with van der Waals surface area (Å²) in [4.78, 5) is 8.77. The normalized spacial score (nSPS) is 12.2. The first-order valence-electron chi connectivity index (χ1n) is 16.3. The molecule has 0 atom stereocenters. The van der Waals surface area contributed by atoms with E-state index >= 15 is 0 Å². The van der Waals surface area contributed by atoms with Crippen LogP contribution >= 0.6 is 0 Å². The highest BCUT2D eigenvalue weighted by atomic mass is 32.2. The molecule has 0 radical (unpaired) electrons. The third kappa shape index (κ3) is 7.52. The number of aromatic nitrogens is 6. The summed E-state index contributed by atoms with van der Waals surface area (Å²) in [5.41, 5.74) is 16.7. The highest BCUT2D eigenvalue weighted by molar-refractivity contribution is 7.87. The van der Waals surface area contributed by atoms with E-state index in [9.17, 15) is 16.8 Å². The fraction of sp³-hybridized carbons (Fsp3) is 0.0556. The molecule has 0 saturated carbocycles. The van der Waals surface area contributed by atoms with Gasteiger partial charge in [-0.3, -0.25) is 8.37 Å². The van der Waals surface area contributed by atoms with E-state index in [0.717, 1.165) is 14.2 Å². The number of nitrogen functional groups attached to an aromatic ring is 2. The Kier molecular flexibility index (Phi) is 10.3. The van der Waals surface area contributed by atoms with Crippen LogP contribution in [0.5, 0.6) is 0 Å². The summed E-state index contributed by atoms with van der Waals surface area (Å²) >= 11 is 0. The Morgan fingerprint density at radius 2 is 0.911 bits per heavy atom. The standard InChI is InChI=1S/C36H30N12O6S2/c1-53-55(49,50)27-17-13-25(14-18-27)41-43-33-31(23-9-5-3-6-10-23)45-47(35(33)37)29-21-30(40-22-39-29)48-36(38)34(32(46-48)24-11-7-4-8-12-24)44-42-26-15-19-28(20-16-26)56(51,52)54-2/h3-22H,37-38H2,1-2H3. The number of benzene rings is 4. The van der Waals surface area contributed by atoms with E-state index < -0.39 is 20.2 Å². The van der Waals surface area contributed by atoms with Gasteiger partial charge in [0, 0.05) is 17.2 Å². The van der Waals surface area contributed by atoms with Crippen molar-refractivity contribution in [1.82, 2.24) is 29.5 Å². The van der Waals surface area contributed by atoms with E-state index in [-0.39, 0.29) is 44.4 Å². The Bertz CT molecular complexity index is 2620. The maximum Gasteiger partial charge on any atom is 0.296 e. The molecule has 56 heavy (non-hydrogen) atoms. The number of anilines is 2. The van der Waals surface area contributed by atoms with Crippen molar-refractivity contribution in [3.8, 4) is 34.2 Å². The van der Waals surface area contributed by atoms with E-state index in [0.29, 0.717) is 33.9 Å². The highest BCUT2D eigenvalue weighted by Gasteiger charge is 2.23. The molecular weight excluding hydrogens is 761 g/mol. The molecule has 0 aliphatic rings. The minimum absolute atomic E-state index is 0.0349. The molecule has 7 rings (SSSR count). The summed E-state index contributed by atoms with van der Waals surface area (Å²) < 4.78 is 60.1. The van der Waals surface area contributed by atoms with Crippen LogP contribution < -0.4 is 11.5 Å². The van der Waals surface area contributed by atoms with Gasteiger partial charge in [0.2, 0.25) is 0 Å². The number of hydrogen-bond acceptors (Lipinski definition) is 16. The van der Waals surface area contributed by atoms with Gasteiger partial charge in [0.05, 0.1) is 35.4 Å². The number of hydrogen-bond donors (Lipinski definition) is 2. The SMILES string of the molecule is COS(=O)(=O)c1ccc(N=Nc2c(-c3ccccc3)nn(-c3cc(-n4nc(-c5ccccc5)c(N=Nc5ccc(S(=O)(=O)OC)cc5)c4N)ncn3)c2N)cc1. The van der Waals surface area contributed by atoms with Crippen LogP contribution in [0.2, 0.25) is 0 Å². The largest absolute Gasteiger partial charge is 0.382 e.